The first-order chi connectivity index (χ1) is 15.7. The number of ether oxygens (including phenoxy) is 2. The lowest BCUT2D eigenvalue weighted by atomic mass is 9.96. The Kier molecular flexibility index (Phi) is 10.5. The molecule has 174 valence electrons. The number of carbonyl (C=O) groups is 1. The van der Waals surface area contributed by atoms with E-state index in [2.05, 4.69) is 57.6 Å². The zero-order chi connectivity index (χ0) is 22.6. The average Bonchev–Trinajstić information content (AvgIpc) is 2.83. The van der Waals surface area contributed by atoms with Gasteiger partial charge in [0.05, 0.1) is 19.3 Å². The predicted molar refractivity (Wildman–Crippen MR) is 128 cm³/mol. The lowest BCUT2D eigenvalue weighted by Gasteiger charge is -2.39. The first-order valence-corrected chi connectivity index (χ1v) is 11.7. The third-order valence-corrected chi connectivity index (χ3v) is 5.88. The summed E-state index contributed by atoms with van der Waals surface area (Å²) in [6, 6.07) is 19.0. The Balaban J connectivity index is 1.44. The van der Waals surface area contributed by atoms with Crippen LogP contribution in [0.15, 0.2) is 54.6 Å². The van der Waals surface area contributed by atoms with Crippen molar-refractivity contribution in [2.24, 2.45) is 0 Å². The van der Waals surface area contributed by atoms with Gasteiger partial charge in [0, 0.05) is 50.9 Å². The molecule has 1 aliphatic heterocycles. The highest BCUT2D eigenvalue weighted by Crippen LogP contribution is 2.30. The molecule has 32 heavy (non-hydrogen) atoms. The van der Waals surface area contributed by atoms with Crippen molar-refractivity contribution in [3.63, 3.8) is 0 Å². The number of benzene rings is 2. The summed E-state index contributed by atoms with van der Waals surface area (Å²) in [5.41, 5.74) is 2.55. The number of halogens is 1. The van der Waals surface area contributed by atoms with Crippen LogP contribution in [0.2, 0.25) is 5.02 Å². The molecule has 0 spiro atoms. The van der Waals surface area contributed by atoms with E-state index < -0.39 is 0 Å². The molecular formula is C25H34ClN3O3. The van der Waals surface area contributed by atoms with E-state index in [4.69, 9.17) is 21.1 Å². The van der Waals surface area contributed by atoms with Crippen molar-refractivity contribution in [3.8, 4) is 0 Å². The standard InChI is InChI=1S/C25H34ClN3O3/c1-2-31-18-12-27-24(30)20-32-19-17-28-13-15-29(16-14-28)25(21-6-4-3-5-7-21)22-8-10-23(26)11-9-22/h3-11,25H,2,12-20H2,1H3,(H,27,30). The minimum atomic E-state index is -0.0943. The van der Waals surface area contributed by atoms with Crippen LogP contribution >= 0.6 is 11.6 Å². The molecule has 0 bridgehead atoms. The third kappa shape index (κ3) is 7.87. The summed E-state index contributed by atoms with van der Waals surface area (Å²) in [5.74, 6) is -0.0943. The molecular weight excluding hydrogens is 426 g/mol. The van der Waals surface area contributed by atoms with Gasteiger partial charge in [0.15, 0.2) is 0 Å². The molecule has 6 nitrogen and oxygen atoms in total. The average molecular weight is 460 g/mol. The van der Waals surface area contributed by atoms with Crippen molar-refractivity contribution in [1.29, 1.82) is 0 Å². The normalized spacial score (nSPS) is 16.1. The maximum atomic E-state index is 11.7. The van der Waals surface area contributed by atoms with Crippen molar-refractivity contribution in [3.05, 3.63) is 70.7 Å². The molecule has 3 rings (SSSR count). The number of nitrogens with zero attached hydrogens (tertiary/aromatic N) is 2. The van der Waals surface area contributed by atoms with Crippen LogP contribution in [0.1, 0.15) is 24.1 Å². The van der Waals surface area contributed by atoms with Crippen molar-refractivity contribution >= 4 is 17.5 Å². The highest BCUT2D eigenvalue weighted by Gasteiger charge is 2.26. The fourth-order valence-electron chi connectivity index (χ4n) is 3.96. The molecule has 7 heteroatoms. The van der Waals surface area contributed by atoms with E-state index >= 15 is 0 Å². The van der Waals surface area contributed by atoms with Crippen molar-refractivity contribution in [1.82, 2.24) is 15.1 Å². The maximum Gasteiger partial charge on any atom is 0.246 e. The molecule has 0 radical (unpaired) electrons. The first-order valence-electron chi connectivity index (χ1n) is 11.4. The van der Waals surface area contributed by atoms with Gasteiger partial charge in [-0.3, -0.25) is 14.6 Å². The molecule has 0 aliphatic carbocycles. The number of amides is 1. The molecule has 2 aromatic rings. The largest absolute Gasteiger partial charge is 0.380 e. The van der Waals surface area contributed by atoms with Gasteiger partial charge < -0.3 is 14.8 Å². The van der Waals surface area contributed by atoms with Gasteiger partial charge in [0.2, 0.25) is 5.91 Å². The summed E-state index contributed by atoms with van der Waals surface area (Å²) in [7, 11) is 0. The fraction of sp³-hybridized carbons (Fsp3) is 0.480. The Morgan fingerprint density at radius 2 is 1.66 bits per heavy atom. The summed E-state index contributed by atoms with van der Waals surface area (Å²) in [5, 5.41) is 3.55. The van der Waals surface area contributed by atoms with Crippen LogP contribution in [0, 0.1) is 0 Å². The van der Waals surface area contributed by atoms with E-state index in [-0.39, 0.29) is 18.6 Å². The zero-order valence-electron chi connectivity index (χ0n) is 18.8. The van der Waals surface area contributed by atoms with Crippen LogP contribution in [0.25, 0.3) is 0 Å². The molecule has 1 saturated heterocycles. The smallest absolute Gasteiger partial charge is 0.246 e. The number of hydrogen-bond donors (Lipinski definition) is 1. The number of piperazine rings is 1. The van der Waals surface area contributed by atoms with Gasteiger partial charge in [-0.05, 0) is 30.2 Å². The van der Waals surface area contributed by atoms with E-state index in [0.29, 0.717) is 26.4 Å². The van der Waals surface area contributed by atoms with Gasteiger partial charge >= 0.3 is 0 Å². The summed E-state index contributed by atoms with van der Waals surface area (Å²) >= 11 is 6.12. The quantitative estimate of drug-likeness (QED) is 0.494. The highest BCUT2D eigenvalue weighted by molar-refractivity contribution is 6.30. The Labute approximate surface area is 196 Å². The Bertz CT molecular complexity index is 796. The van der Waals surface area contributed by atoms with Gasteiger partial charge in [0.25, 0.3) is 0 Å². The molecule has 1 unspecified atom stereocenters. The number of carbonyl (C=O) groups excluding carboxylic acids is 1. The highest BCUT2D eigenvalue weighted by atomic mass is 35.5. The molecule has 0 aromatic heterocycles. The van der Waals surface area contributed by atoms with Crippen LogP contribution in [-0.4, -0.2) is 81.4 Å². The molecule has 1 aliphatic rings. The molecule has 0 saturated carbocycles. The van der Waals surface area contributed by atoms with E-state index in [9.17, 15) is 4.79 Å². The molecule has 1 heterocycles. The maximum absolute atomic E-state index is 11.7. The van der Waals surface area contributed by atoms with Crippen LogP contribution < -0.4 is 5.32 Å². The van der Waals surface area contributed by atoms with E-state index in [1.807, 2.05) is 19.1 Å². The van der Waals surface area contributed by atoms with Gasteiger partial charge in [-0.25, -0.2) is 0 Å². The van der Waals surface area contributed by atoms with Crippen molar-refractivity contribution < 1.29 is 14.3 Å². The third-order valence-electron chi connectivity index (χ3n) is 5.63. The van der Waals surface area contributed by atoms with Gasteiger partial charge in [-0.15, -0.1) is 0 Å². The van der Waals surface area contributed by atoms with E-state index in [1.54, 1.807) is 0 Å². The van der Waals surface area contributed by atoms with Gasteiger partial charge in [0.1, 0.15) is 6.61 Å². The minimum Gasteiger partial charge on any atom is -0.380 e. The van der Waals surface area contributed by atoms with Gasteiger partial charge in [-0.2, -0.15) is 0 Å². The van der Waals surface area contributed by atoms with Crippen LogP contribution in [0.3, 0.4) is 0 Å². The molecule has 1 N–H and O–H groups in total. The van der Waals surface area contributed by atoms with E-state index in [1.165, 1.54) is 11.1 Å². The second-order valence-electron chi connectivity index (χ2n) is 7.84. The van der Waals surface area contributed by atoms with E-state index in [0.717, 1.165) is 37.7 Å². The molecule has 1 atom stereocenters. The van der Waals surface area contributed by atoms with Crippen LogP contribution in [-0.2, 0) is 14.3 Å². The molecule has 1 fully saturated rings. The summed E-state index contributed by atoms with van der Waals surface area (Å²) in [6.45, 7) is 9.02. The summed E-state index contributed by atoms with van der Waals surface area (Å²) < 4.78 is 10.8. The van der Waals surface area contributed by atoms with Gasteiger partial charge in [-0.1, -0.05) is 54.1 Å². The Hall–Kier alpha value is -1.96. The molecule has 2 aromatic carbocycles. The Morgan fingerprint density at radius 1 is 0.969 bits per heavy atom. The lowest BCUT2D eigenvalue weighted by Crippen LogP contribution is -2.48. The Morgan fingerprint density at radius 3 is 2.34 bits per heavy atom. The SMILES string of the molecule is CCOCCNC(=O)COCCN1CCN(C(c2ccccc2)c2ccc(Cl)cc2)CC1. The minimum absolute atomic E-state index is 0.0943. The first kappa shape index (κ1) is 24.7. The number of hydrogen-bond acceptors (Lipinski definition) is 5. The lowest BCUT2D eigenvalue weighted by molar-refractivity contribution is -0.126. The van der Waals surface area contributed by atoms with Crippen molar-refractivity contribution in [2.45, 2.75) is 13.0 Å². The molecule has 1 amide bonds. The second kappa shape index (κ2) is 13.6. The topological polar surface area (TPSA) is 54.0 Å². The summed E-state index contributed by atoms with van der Waals surface area (Å²) in [6.07, 6.45) is 0. The predicted octanol–water partition coefficient (Wildman–Crippen LogP) is 3.22. The fourth-order valence-corrected chi connectivity index (χ4v) is 4.08. The zero-order valence-corrected chi connectivity index (χ0v) is 19.6. The number of nitrogens with one attached hydrogen (secondary N) is 1. The summed E-state index contributed by atoms with van der Waals surface area (Å²) in [4.78, 5) is 16.7. The number of rotatable bonds is 12. The van der Waals surface area contributed by atoms with Crippen molar-refractivity contribution in [2.75, 3.05) is 65.7 Å². The monoisotopic (exact) mass is 459 g/mol. The van der Waals surface area contributed by atoms with Crippen LogP contribution in [0.4, 0.5) is 0 Å². The van der Waals surface area contributed by atoms with Crippen LogP contribution in [0.5, 0.6) is 0 Å². The second-order valence-corrected chi connectivity index (χ2v) is 8.28.